The molecule has 0 unspecified atom stereocenters. The summed E-state index contributed by atoms with van der Waals surface area (Å²) < 4.78 is 30.8. The lowest BCUT2D eigenvalue weighted by Crippen LogP contribution is -2.29. The van der Waals surface area contributed by atoms with Crippen LogP contribution < -0.4 is 9.64 Å². The number of fused-ring (bicyclic) bond motifs is 1. The number of nitrogens with zero attached hydrogens (tertiary/aromatic N) is 2. The molecule has 118 valence electrons. The molecule has 0 aliphatic carbocycles. The molecule has 0 bridgehead atoms. The number of hydrogen-bond acceptors (Lipinski definition) is 4. The van der Waals surface area contributed by atoms with Gasteiger partial charge in [-0.05, 0) is 18.1 Å². The van der Waals surface area contributed by atoms with Crippen molar-refractivity contribution in [2.45, 2.75) is 6.92 Å². The molecule has 0 radical (unpaired) electrons. The van der Waals surface area contributed by atoms with Gasteiger partial charge in [-0.2, -0.15) is 0 Å². The van der Waals surface area contributed by atoms with E-state index in [1.54, 1.807) is 12.3 Å². The zero-order valence-electron chi connectivity index (χ0n) is 12.7. The highest BCUT2D eigenvalue weighted by molar-refractivity contribution is 7.85. The first-order valence-corrected chi connectivity index (χ1v) is 8.79. The van der Waals surface area contributed by atoms with E-state index >= 15 is 0 Å². The molecule has 1 aliphatic rings. The predicted octanol–water partition coefficient (Wildman–Crippen LogP) is 2.59. The fourth-order valence-electron chi connectivity index (χ4n) is 2.92. The summed E-state index contributed by atoms with van der Waals surface area (Å²) in [7, 11) is 0.688. The van der Waals surface area contributed by atoms with Crippen LogP contribution in [0.1, 0.15) is 6.92 Å². The summed E-state index contributed by atoms with van der Waals surface area (Å²) in [6.45, 7) is 3.68. The second-order valence-electron chi connectivity index (χ2n) is 5.70. The largest absolute Gasteiger partial charge is 0.494 e. The molecule has 1 aromatic carbocycles. The Morgan fingerprint density at radius 1 is 1.45 bits per heavy atom. The second-order valence-corrected chi connectivity index (χ2v) is 7.32. The lowest BCUT2D eigenvalue weighted by atomic mass is 10.1. The Bertz CT molecular complexity index is 723. The van der Waals surface area contributed by atoms with Crippen LogP contribution >= 0.6 is 0 Å². The van der Waals surface area contributed by atoms with Crippen molar-refractivity contribution in [1.82, 2.24) is 4.98 Å². The number of rotatable bonds is 2. The monoisotopic (exact) mass is 322 g/mol. The van der Waals surface area contributed by atoms with Gasteiger partial charge in [0.15, 0.2) is 11.6 Å². The van der Waals surface area contributed by atoms with Crippen LogP contribution in [0.4, 0.5) is 10.1 Å². The summed E-state index contributed by atoms with van der Waals surface area (Å²) in [5, 5.41) is 0.862. The molecule has 6 heteroatoms. The molecule has 0 N–H and O–H groups in total. The SMILES string of the molecule is COc1cc2c(N3CC[S@@](=O)C[C@@H](C)C3)ccnc2cc1F. The van der Waals surface area contributed by atoms with Gasteiger partial charge in [-0.15, -0.1) is 0 Å². The first-order valence-electron chi connectivity index (χ1n) is 7.30. The Hall–Kier alpha value is -1.69. The summed E-state index contributed by atoms with van der Waals surface area (Å²) in [4.78, 5) is 6.47. The molecule has 1 aromatic heterocycles. The van der Waals surface area contributed by atoms with E-state index in [1.807, 2.05) is 6.07 Å². The first kappa shape index (κ1) is 15.2. The fourth-order valence-corrected chi connectivity index (χ4v) is 4.25. The van der Waals surface area contributed by atoms with Gasteiger partial charge >= 0.3 is 0 Å². The minimum absolute atomic E-state index is 0.216. The lowest BCUT2D eigenvalue weighted by molar-refractivity contribution is 0.387. The van der Waals surface area contributed by atoms with Crippen molar-refractivity contribution in [3.05, 3.63) is 30.2 Å². The average Bonchev–Trinajstić information content (AvgIpc) is 2.66. The van der Waals surface area contributed by atoms with Crippen LogP contribution in [-0.4, -0.2) is 40.9 Å². The molecule has 1 fully saturated rings. The molecule has 0 spiro atoms. The maximum Gasteiger partial charge on any atom is 0.167 e. The van der Waals surface area contributed by atoms with Crippen LogP contribution in [0, 0.1) is 11.7 Å². The van der Waals surface area contributed by atoms with Gasteiger partial charge in [-0.1, -0.05) is 6.92 Å². The molecular formula is C16H19FN2O2S. The van der Waals surface area contributed by atoms with E-state index < -0.39 is 16.6 Å². The highest BCUT2D eigenvalue weighted by Crippen LogP contribution is 2.31. The molecular weight excluding hydrogens is 303 g/mol. The highest BCUT2D eigenvalue weighted by Gasteiger charge is 2.21. The zero-order chi connectivity index (χ0) is 15.7. The fraction of sp³-hybridized carbons (Fsp3) is 0.438. The average molecular weight is 322 g/mol. The Kier molecular flexibility index (Phi) is 4.29. The Morgan fingerprint density at radius 2 is 2.27 bits per heavy atom. The number of aromatic nitrogens is 1. The number of methoxy groups -OCH3 is 1. The third kappa shape index (κ3) is 2.92. The second kappa shape index (κ2) is 6.20. The van der Waals surface area contributed by atoms with E-state index in [-0.39, 0.29) is 5.75 Å². The maximum absolute atomic E-state index is 13.9. The summed E-state index contributed by atoms with van der Waals surface area (Å²) in [6, 6.07) is 5.03. The number of anilines is 1. The van der Waals surface area contributed by atoms with Gasteiger partial charge in [0, 0.05) is 58.7 Å². The van der Waals surface area contributed by atoms with E-state index in [0.717, 1.165) is 29.9 Å². The molecule has 2 atom stereocenters. The molecule has 22 heavy (non-hydrogen) atoms. The van der Waals surface area contributed by atoms with E-state index in [9.17, 15) is 8.60 Å². The van der Waals surface area contributed by atoms with Crippen LogP contribution in [0.3, 0.4) is 0 Å². The minimum atomic E-state index is -0.767. The molecule has 2 aromatic rings. The highest BCUT2D eigenvalue weighted by atomic mass is 32.2. The van der Waals surface area contributed by atoms with Gasteiger partial charge in [-0.3, -0.25) is 9.19 Å². The van der Waals surface area contributed by atoms with E-state index in [0.29, 0.717) is 17.2 Å². The van der Waals surface area contributed by atoms with Crippen LogP contribution in [0.25, 0.3) is 10.9 Å². The number of benzene rings is 1. The summed E-state index contributed by atoms with van der Waals surface area (Å²) in [5.74, 6) is 1.55. The number of hydrogen-bond donors (Lipinski definition) is 0. The van der Waals surface area contributed by atoms with Crippen molar-refractivity contribution < 1.29 is 13.3 Å². The summed E-state index contributed by atoms with van der Waals surface area (Å²) >= 11 is 0. The van der Waals surface area contributed by atoms with E-state index in [1.165, 1.54) is 13.2 Å². The Balaban J connectivity index is 2.07. The normalized spacial score (nSPS) is 22.6. The quantitative estimate of drug-likeness (QED) is 0.852. The van der Waals surface area contributed by atoms with Gasteiger partial charge in [-0.25, -0.2) is 4.39 Å². The molecule has 0 saturated carbocycles. The van der Waals surface area contributed by atoms with Gasteiger partial charge in [0.2, 0.25) is 0 Å². The van der Waals surface area contributed by atoms with Gasteiger partial charge in [0.1, 0.15) is 0 Å². The van der Waals surface area contributed by atoms with Crippen molar-refractivity contribution in [2.24, 2.45) is 5.92 Å². The molecule has 1 saturated heterocycles. The van der Waals surface area contributed by atoms with Crippen molar-refractivity contribution in [3.8, 4) is 5.75 Å². The minimum Gasteiger partial charge on any atom is -0.494 e. The predicted molar refractivity (Wildman–Crippen MR) is 87.5 cm³/mol. The van der Waals surface area contributed by atoms with E-state index in [2.05, 4.69) is 16.8 Å². The van der Waals surface area contributed by atoms with Crippen LogP contribution in [-0.2, 0) is 10.8 Å². The zero-order valence-corrected chi connectivity index (χ0v) is 13.5. The van der Waals surface area contributed by atoms with Crippen molar-refractivity contribution in [2.75, 3.05) is 36.6 Å². The van der Waals surface area contributed by atoms with Crippen LogP contribution in [0.2, 0.25) is 0 Å². The topological polar surface area (TPSA) is 42.4 Å². The maximum atomic E-state index is 13.9. The lowest BCUT2D eigenvalue weighted by Gasteiger charge is -2.25. The van der Waals surface area contributed by atoms with Crippen LogP contribution in [0.5, 0.6) is 5.75 Å². The number of ether oxygens (including phenoxy) is 1. The van der Waals surface area contributed by atoms with Gasteiger partial charge in [0.05, 0.1) is 12.6 Å². The van der Waals surface area contributed by atoms with Gasteiger partial charge < -0.3 is 9.64 Å². The molecule has 0 amide bonds. The first-order chi connectivity index (χ1) is 10.6. The molecule has 3 rings (SSSR count). The van der Waals surface area contributed by atoms with Crippen LogP contribution in [0.15, 0.2) is 24.4 Å². The molecule has 2 heterocycles. The number of halogens is 1. The van der Waals surface area contributed by atoms with E-state index in [4.69, 9.17) is 4.74 Å². The molecule has 1 aliphatic heterocycles. The van der Waals surface area contributed by atoms with Gasteiger partial charge in [0.25, 0.3) is 0 Å². The summed E-state index contributed by atoms with van der Waals surface area (Å²) in [6.07, 6.45) is 1.69. The Morgan fingerprint density at radius 3 is 3.05 bits per heavy atom. The third-order valence-electron chi connectivity index (χ3n) is 3.92. The molecule has 4 nitrogen and oxygen atoms in total. The standard InChI is InChI=1S/C16H19FN2O2S/c1-11-9-19(5-6-22(20)10-11)15-3-4-18-14-8-13(17)16(21-2)7-12(14)15/h3-4,7-8,11H,5-6,9-10H2,1-2H3/t11-,22+/m0/s1. The van der Waals surface area contributed by atoms with Crippen molar-refractivity contribution in [3.63, 3.8) is 0 Å². The summed E-state index contributed by atoms with van der Waals surface area (Å²) in [5.41, 5.74) is 1.60. The third-order valence-corrected chi connectivity index (χ3v) is 5.50. The Labute approximate surface area is 131 Å². The number of pyridine rings is 1. The van der Waals surface area contributed by atoms with Crippen molar-refractivity contribution >= 4 is 27.4 Å². The smallest absolute Gasteiger partial charge is 0.167 e. The van der Waals surface area contributed by atoms with Crippen molar-refractivity contribution in [1.29, 1.82) is 0 Å².